The lowest BCUT2D eigenvalue weighted by molar-refractivity contribution is 0.242. The standard InChI is InChI=1S/C18H18ClN5O/c1-12(2)25-15-5-3-13(4-6-15)24-18-21-9-14(10-22-18)23-17-7-8-20-11-16(17)19/h3-12H,1-2H3,(H,20,23)(H,21,22,24). The Balaban J connectivity index is 1.63. The molecular weight excluding hydrogens is 338 g/mol. The van der Waals surface area contributed by atoms with Gasteiger partial charge in [-0.05, 0) is 44.2 Å². The van der Waals surface area contributed by atoms with E-state index >= 15 is 0 Å². The van der Waals surface area contributed by atoms with Crippen LogP contribution in [0.3, 0.4) is 0 Å². The minimum absolute atomic E-state index is 0.149. The maximum absolute atomic E-state index is 6.07. The Morgan fingerprint density at radius 3 is 2.28 bits per heavy atom. The van der Waals surface area contributed by atoms with Crippen molar-refractivity contribution in [2.45, 2.75) is 20.0 Å². The van der Waals surface area contributed by atoms with Gasteiger partial charge in [0.15, 0.2) is 0 Å². The van der Waals surface area contributed by atoms with Crippen molar-refractivity contribution in [3.8, 4) is 5.75 Å². The van der Waals surface area contributed by atoms with E-state index in [9.17, 15) is 0 Å². The number of nitrogens with zero attached hydrogens (tertiary/aromatic N) is 3. The van der Waals surface area contributed by atoms with Crippen molar-refractivity contribution in [1.29, 1.82) is 0 Å². The van der Waals surface area contributed by atoms with E-state index in [0.717, 1.165) is 22.8 Å². The third-order valence-corrected chi connectivity index (χ3v) is 3.49. The molecule has 2 aromatic heterocycles. The number of hydrogen-bond donors (Lipinski definition) is 2. The summed E-state index contributed by atoms with van der Waals surface area (Å²) in [7, 11) is 0. The Morgan fingerprint density at radius 2 is 1.64 bits per heavy atom. The maximum Gasteiger partial charge on any atom is 0.227 e. The van der Waals surface area contributed by atoms with E-state index in [4.69, 9.17) is 16.3 Å². The van der Waals surface area contributed by atoms with Crippen molar-refractivity contribution in [3.63, 3.8) is 0 Å². The van der Waals surface area contributed by atoms with Crippen LogP contribution in [0, 0.1) is 0 Å². The second kappa shape index (κ2) is 7.81. The highest BCUT2D eigenvalue weighted by atomic mass is 35.5. The van der Waals surface area contributed by atoms with Crippen LogP contribution < -0.4 is 15.4 Å². The Bertz CT molecular complexity index is 822. The van der Waals surface area contributed by atoms with E-state index in [0.29, 0.717) is 11.0 Å². The van der Waals surface area contributed by atoms with E-state index in [2.05, 4.69) is 25.6 Å². The van der Waals surface area contributed by atoms with Crippen molar-refractivity contribution in [2.75, 3.05) is 10.6 Å². The lowest BCUT2D eigenvalue weighted by Crippen LogP contribution is -2.05. The molecule has 7 heteroatoms. The molecule has 0 aliphatic carbocycles. The van der Waals surface area contributed by atoms with Crippen LogP contribution in [0.15, 0.2) is 55.1 Å². The zero-order chi connectivity index (χ0) is 17.6. The van der Waals surface area contributed by atoms with Crippen LogP contribution in [0.4, 0.5) is 23.0 Å². The normalized spacial score (nSPS) is 10.6. The Morgan fingerprint density at radius 1 is 0.920 bits per heavy atom. The highest BCUT2D eigenvalue weighted by molar-refractivity contribution is 6.33. The number of hydrogen-bond acceptors (Lipinski definition) is 6. The van der Waals surface area contributed by atoms with Crippen molar-refractivity contribution in [2.24, 2.45) is 0 Å². The largest absolute Gasteiger partial charge is 0.491 e. The summed E-state index contributed by atoms with van der Waals surface area (Å²) in [6, 6.07) is 9.44. The summed E-state index contributed by atoms with van der Waals surface area (Å²) in [6.45, 7) is 3.99. The first kappa shape index (κ1) is 17.0. The first-order valence-electron chi connectivity index (χ1n) is 7.82. The van der Waals surface area contributed by atoms with Crippen LogP contribution in [0.1, 0.15) is 13.8 Å². The molecule has 128 valence electrons. The third kappa shape index (κ3) is 4.81. The molecule has 0 radical (unpaired) electrons. The van der Waals surface area contributed by atoms with Crippen LogP contribution >= 0.6 is 11.6 Å². The van der Waals surface area contributed by atoms with Gasteiger partial charge in [-0.1, -0.05) is 11.6 Å². The minimum atomic E-state index is 0.149. The lowest BCUT2D eigenvalue weighted by atomic mass is 10.3. The van der Waals surface area contributed by atoms with Crippen molar-refractivity contribution < 1.29 is 4.74 Å². The van der Waals surface area contributed by atoms with Gasteiger partial charge in [-0.3, -0.25) is 4.98 Å². The monoisotopic (exact) mass is 355 g/mol. The van der Waals surface area contributed by atoms with Crippen molar-refractivity contribution in [1.82, 2.24) is 15.0 Å². The molecule has 0 atom stereocenters. The predicted molar refractivity (Wildman–Crippen MR) is 100 cm³/mol. The SMILES string of the molecule is CC(C)Oc1ccc(Nc2ncc(Nc3ccncc3Cl)cn2)cc1. The highest BCUT2D eigenvalue weighted by Gasteiger charge is 2.03. The van der Waals surface area contributed by atoms with Gasteiger partial charge in [0.05, 0.1) is 34.9 Å². The van der Waals surface area contributed by atoms with Crippen LogP contribution in [0.25, 0.3) is 0 Å². The topological polar surface area (TPSA) is 72.0 Å². The highest BCUT2D eigenvalue weighted by Crippen LogP contribution is 2.24. The molecule has 0 fully saturated rings. The van der Waals surface area contributed by atoms with Crippen LogP contribution in [0.2, 0.25) is 5.02 Å². The summed E-state index contributed by atoms with van der Waals surface area (Å²) >= 11 is 6.07. The second-order valence-electron chi connectivity index (χ2n) is 5.59. The lowest BCUT2D eigenvalue weighted by Gasteiger charge is -2.11. The molecule has 0 spiro atoms. The smallest absolute Gasteiger partial charge is 0.227 e. The summed E-state index contributed by atoms with van der Waals surface area (Å²) in [5, 5.41) is 6.83. The maximum atomic E-state index is 6.07. The van der Waals surface area contributed by atoms with Gasteiger partial charge >= 0.3 is 0 Å². The molecule has 6 nitrogen and oxygen atoms in total. The van der Waals surface area contributed by atoms with Gasteiger partial charge in [0.2, 0.25) is 5.95 Å². The third-order valence-electron chi connectivity index (χ3n) is 3.19. The summed E-state index contributed by atoms with van der Waals surface area (Å²) < 4.78 is 5.62. The molecule has 25 heavy (non-hydrogen) atoms. The predicted octanol–water partition coefficient (Wildman–Crippen LogP) is 4.80. The van der Waals surface area contributed by atoms with Crippen LogP contribution in [0.5, 0.6) is 5.75 Å². The second-order valence-corrected chi connectivity index (χ2v) is 6.00. The molecule has 0 unspecified atom stereocenters. The summed E-state index contributed by atoms with van der Waals surface area (Å²) in [6.07, 6.45) is 6.76. The molecular formula is C18H18ClN5O. The first-order chi connectivity index (χ1) is 12.1. The number of rotatable bonds is 6. The molecule has 0 aliphatic rings. The zero-order valence-electron chi connectivity index (χ0n) is 13.9. The molecule has 0 amide bonds. The minimum Gasteiger partial charge on any atom is -0.491 e. The Labute approximate surface area is 151 Å². The molecule has 2 heterocycles. The summed E-state index contributed by atoms with van der Waals surface area (Å²) in [5.41, 5.74) is 2.37. The number of pyridine rings is 1. The van der Waals surface area contributed by atoms with E-state index in [1.54, 1.807) is 30.9 Å². The van der Waals surface area contributed by atoms with Gasteiger partial charge in [-0.15, -0.1) is 0 Å². The number of benzene rings is 1. The fraction of sp³-hybridized carbons (Fsp3) is 0.167. The van der Waals surface area contributed by atoms with Crippen molar-refractivity contribution in [3.05, 3.63) is 60.1 Å². The summed E-state index contributed by atoms with van der Waals surface area (Å²) in [4.78, 5) is 12.5. The number of ether oxygens (including phenoxy) is 1. The zero-order valence-corrected chi connectivity index (χ0v) is 14.7. The molecule has 1 aromatic carbocycles. The number of anilines is 4. The summed E-state index contributed by atoms with van der Waals surface area (Å²) in [5.74, 6) is 1.33. The van der Waals surface area contributed by atoms with Crippen molar-refractivity contribution >= 4 is 34.6 Å². The molecule has 0 saturated carbocycles. The van der Waals surface area contributed by atoms with Crippen LogP contribution in [-0.2, 0) is 0 Å². The van der Waals surface area contributed by atoms with Gasteiger partial charge < -0.3 is 15.4 Å². The van der Waals surface area contributed by atoms with Gasteiger partial charge in [0, 0.05) is 18.1 Å². The average Bonchev–Trinajstić information content (AvgIpc) is 2.60. The van der Waals surface area contributed by atoms with E-state index in [1.165, 1.54) is 0 Å². The fourth-order valence-electron chi connectivity index (χ4n) is 2.11. The number of nitrogens with one attached hydrogen (secondary N) is 2. The fourth-order valence-corrected chi connectivity index (χ4v) is 2.27. The molecule has 0 bridgehead atoms. The van der Waals surface area contributed by atoms with Gasteiger partial charge in [0.1, 0.15) is 5.75 Å². The van der Waals surface area contributed by atoms with E-state index in [-0.39, 0.29) is 6.10 Å². The van der Waals surface area contributed by atoms with Gasteiger partial charge in [-0.25, -0.2) is 9.97 Å². The molecule has 0 aliphatic heterocycles. The van der Waals surface area contributed by atoms with E-state index in [1.807, 2.05) is 38.1 Å². The van der Waals surface area contributed by atoms with Gasteiger partial charge in [-0.2, -0.15) is 0 Å². The molecule has 3 aromatic rings. The van der Waals surface area contributed by atoms with Gasteiger partial charge in [0.25, 0.3) is 0 Å². The van der Waals surface area contributed by atoms with E-state index < -0.39 is 0 Å². The quantitative estimate of drug-likeness (QED) is 0.661. The molecule has 0 saturated heterocycles. The average molecular weight is 356 g/mol. The molecule has 2 N–H and O–H groups in total. The number of aromatic nitrogens is 3. The first-order valence-corrected chi connectivity index (χ1v) is 8.20. The van der Waals surface area contributed by atoms with Crippen LogP contribution in [-0.4, -0.2) is 21.1 Å². The molecule has 3 rings (SSSR count). The number of halogens is 1. The Kier molecular flexibility index (Phi) is 5.30. The Hall–Kier alpha value is -2.86.